The second-order valence-corrected chi connectivity index (χ2v) is 5.70. The highest BCUT2D eigenvalue weighted by Gasteiger charge is 2.30. The van der Waals surface area contributed by atoms with Crippen LogP contribution in [0.1, 0.15) is 5.56 Å². The van der Waals surface area contributed by atoms with Gasteiger partial charge in [0.15, 0.2) is 6.61 Å². The maximum absolute atomic E-state index is 11.2. The normalized spacial score (nSPS) is 11.2. The van der Waals surface area contributed by atoms with E-state index in [1.807, 2.05) is 41.2 Å². The van der Waals surface area contributed by atoms with Gasteiger partial charge in [0.1, 0.15) is 0 Å². The predicted octanol–water partition coefficient (Wildman–Crippen LogP) is 1.55. The van der Waals surface area contributed by atoms with Crippen LogP contribution in [0.15, 0.2) is 35.5 Å². The third-order valence-electron chi connectivity index (χ3n) is 1.84. The fraction of sp³-hybridized carbons (Fsp3) is 0.182. The molecule has 2 N–H and O–H groups in total. The number of hydrazine groups is 1. The minimum atomic E-state index is -2.15. The molecule has 0 atom stereocenters. The highest BCUT2D eigenvalue weighted by atomic mass is 35.6. The molecule has 0 saturated carbocycles. The summed E-state index contributed by atoms with van der Waals surface area (Å²) in [5.74, 6) is -1.64. The van der Waals surface area contributed by atoms with E-state index in [1.54, 1.807) is 0 Å². The van der Waals surface area contributed by atoms with Gasteiger partial charge in [0.2, 0.25) is 0 Å². The number of alkyl halides is 3. The molecular weight excluding hydrogens is 328 g/mol. The first kappa shape index (κ1) is 16.6. The number of benzene rings is 1. The number of carbonyl (C=O) groups is 2. The van der Waals surface area contributed by atoms with Gasteiger partial charge in [-0.1, -0.05) is 70.3 Å². The Labute approximate surface area is 130 Å². The first-order valence-electron chi connectivity index (χ1n) is 5.26. The summed E-state index contributed by atoms with van der Waals surface area (Å²) in [6.45, 7) is -0.399. The molecule has 6 nitrogen and oxygen atoms in total. The van der Waals surface area contributed by atoms with E-state index in [4.69, 9.17) is 39.6 Å². The fourth-order valence-electron chi connectivity index (χ4n) is 0.967. The number of rotatable bonds is 4. The zero-order valence-electron chi connectivity index (χ0n) is 9.98. The number of oxime groups is 1. The van der Waals surface area contributed by atoms with Gasteiger partial charge in [-0.25, -0.2) is 0 Å². The Bertz CT molecular complexity index is 489. The van der Waals surface area contributed by atoms with Gasteiger partial charge in [-0.05, 0) is 5.56 Å². The maximum Gasteiger partial charge on any atom is 0.290 e. The van der Waals surface area contributed by atoms with Crippen molar-refractivity contribution >= 4 is 52.8 Å². The lowest BCUT2D eigenvalue weighted by molar-refractivity contribution is -0.131. The van der Waals surface area contributed by atoms with Gasteiger partial charge in [0, 0.05) is 0 Å². The quantitative estimate of drug-likeness (QED) is 0.497. The minimum absolute atomic E-state index is 0.399. The van der Waals surface area contributed by atoms with E-state index in [9.17, 15) is 9.59 Å². The van der Waals surface area contributed by atoms with Crippen molar-refractivity contribution in [3.05, 3.63) is 35.9 Å². The van der Waals surface area contributed by atoms with Crippen LogP contribution in [0.2, 0.25) is 0 Å². The third kappa shape index (κ3) is 6.60. The molecule has 0 spiro atoms. The van der Waals surface area contributed by atoms with Gasteiger partial charge in [-0.3, -0.25) is 20.4 Å². The number of hydrogen-bond donors (Lipinski definition) is 2. The Morgan fingerprint density at radius 1 is 1.20 bits per heavy atom. The van der Waals surface area contributed by atoms with E-state index in [0.717, 1.165) is 5.56 Å². The van der Waals surface area contributed by atoms with Crippen LogP contribution < -0.4 is 10.9 Å². The van der Waals surface area contributed by atoms with E-state index < -0.39 is 22.2 Å². The summed E-state index contributed by atoms with van der Waals surface area (Å²) in [7, 11) is 0. The molecule has 0 unspecified atom stereocenters. The lowest BCUT2D eigenvalue weighted by Gasteiger charge is -2.11. The molecule has 2 amide bonds. The number of nitrogens with zero attached hydrogens (tertiary/aromatic N) is 1. The van der Waals surface area contributed by atoms with E-state index >= 15 is 0 Å². The summed E-state index contributed by atoms with van der Waals surface area (Å²) in [5, 5.41) is 3.58. The number of carbonyl (C=O) groups excluding carboxylic acids is 2. The first-order valence-corrected chi connectivity index (χ1v) is 6.39. The Balaban J connectivity index is 2.24. The molecule has 0 aliphatic heterocycles. The molecule has 9 heteroatoms. The maximum atomic E-state index is 11.2. The van der Waals surface area contributed by atoms with Crippen molar-refractivity contribution in [2.24, 2.45) is 5.16 Å². The van der Waals surface area contributed by atoms with E-state index in [-0.39, 0.29) is 0 Å². The zero-order valence-corrected chi connectivity index (χ0v) is 12.2. The van der Waals surface area contributed by atoms with Crippen LogP contribution in [0.3, 0.4) is 0 Å². The van der Waals surface area contributed by atoms with Crippen LogP contribution in [0.25, 0.3) is 0 Å². The first-order chi connectivity index (χ1) is 9.39. The second kappa shape index (κ2) is 7.94. The molecule has 108 valence electrons. The second-order valence-electron chi connectivity index (χ2n) is 3.42. The molecule has 0 aliphatic rings. The summed E-state index contributed by atoms with van der Waals surface area (Å²) < 4.78 is -2.15. The molecule has 0 saturated heterocycles. The molecule has 0 radical (unpaired) electrons. The number of amides is 2. The molecule has 0 heterocycles. The molecule has 0 aliphatic carbocycles. The zero-order chi connectivity index (χ0) is 15.0. The monoisotopic (exact) mass is 337 g/mol. The molecule has 1 aromatic rings. The van der Waals surface area contributed by atoms with Gasteiger partial charge < -0.3 is 4.84 Å². The van der Waals surface area contributed by atoms with Crippen LogP contribution >= 0.6 is 34.8 Å². The number of hydrogen-bond acceptors (Lipinski definition) is 4. The smallest absolute Gasteiger partial charge is 0.290 e. The highest BCUT2D eigenvalue weighted by molar-refractivity contribution is 6.76. The van der Waals surface area contributed by atoms with Crippen molar-refractivity contribution in [1.29, 1.82) is 0 Å². The van der Waals surface area contributed by atoms with Gasteiger partial charge in [0.25, 0.3) is 15.6 Å². The Kier molecular flexibility index (Phi) is 6.57. The summed E-state index contributed by atoms with van der Waals surface area (Å²) in [6.07, 6.45) is 1.44. The Morgan fingerprint density at radius 2 is 1.85 bits per heavy atom. The lowest BCUT2D eigenvalue weighted by atomic mass is 10.2. The number of nitrogens with one attached hydrogen (secondary N) is 2. The molecule has 1 rings (SSSR count). The van der Waals surface area contributed by atoms with Crippen LogP contribution in [0.4, 0.5) is 0 Å². The standard InChI is InChI=1S/C11H10Cl3N3O3/c12-11(13,14)10(19)17-16-9(18)7-20-15-6-8-4-2-1-3-5-8/h1-6H,7H2,(H,16,18)(H,17,19)/b15-6+. The van der Waals surface area contributed by atoms with Crippen LogP contribution in [-0.2, 0) is 14.4 Å². The molecule has 0 aromatic heterocycles. The van der Waals surface area contributed by atoms with E-state index in [2.05, 4.69) is 5.16 Å². The predicted molar refractivity (Wildman–Crippen MR) is 76.6 cm³/mol. The average molecular weight is 339 g/mol. The van der Waals surface area contributed by atoms with Crippen molar-refractivity contribution in [2.75, 3.05) is 6.61 Å². The van der Waals surface area contributed by atoms with Gasteiger partial charge in [-0.15, -0.1) is 0 Å². The van der Waals surface area contributed by atoms with Crippen LogP contribution in [0, 0.1) is 0 Å². The van der Waals surface area contributed by atoms with Crippen molar-refractivity contribution in [3.8, 4) is 0 Å². The van der Waals surface area contributed by atoms with E-state index in [1.165, 1.54) is 6.21 Å². The summed E-state index contributed by atoms with van der Waals surface area (Å²) in [4.78, 5) is 27.0. The van der Waals surface area contributed by atoms with Gasteiger partial charge in [-0.2, -0.15) is 0 Å². The van der Waals surface area contributed by atoms with Crippen LogP contribution in [-0.4, -0.2) is 28.4 Å². The van der Waals surface area contributed by atoms with Crippen LogP contribution in [0.5, 0.6) is 0 Å². The molecule has 20 heavy (non-hydrogen) atoms. The minimum Gasteiger partial charge on any atom is -0.386 e. The SMILES string of the molecule is O=C(CO/N=C/c1ccccc1)NNC(=O)C(Cl)(Cl)Cl. The van der Waals surface area contributed by atoms with Crippen molar-refractivity contribution in [2.45, 2.75) is 3.79 Å². The third-order valence-corrected chi connectivity index (χ3v) is 2.36. The average Bonchev–Trinajstić information content (AvgIpc) is 2.41. The summed E-state index contributed by atoms with van der Waals surface area (Å²) in [6, 6.07) is 9.15. The van der Waals surface area contributed by atoms with Crippen molar-refractivity contribution < 1.29 is 14.4 Å². The van der Waals surface area contributed by atoms with Gasteiger partial charge in [0.05, 0.1) is 6.21 Å². The molecule has 1 aromatic carbocycles. The Morgan fingerprint density at radius 3 is 2.45 bits per heavy atom. The summed E-state index contributed by atoms with van der Waals surface area (Å²) >= 11 is 15.8. The van der Waals surface area contributed by atoms with Gasteiger partial charge >= 0.3 is 0 Å². The van der Waals surface area contributed by atoms with E-state index in [0.29, 0.717) is 0 Å². The molecule has 0 bridgehead atoms. The fourth-order valence-corrected chi connectivity index (χ4v) is 1.11. The van der Waals surface area contributed by atoms with Crippen molar-refractivity contribution in [1.82, 2.24) is 10.9 Å². The lowest BCUT2D eigenvalue weighted by Crippen LogP contribution is -2.47. The molecule has 0 fully saturated rings. The van der Waals surface area contributed by atoms with Crippen molar-refractivity contribution in [3.63, 3.8) is 0 Å². The largest absolute Gasteiger partial charge is 0.386 e. The summed E-state index contributed by atoms with van der Waals surface area (Å²) in [5.41, 5.74) is 4.73. The topological polar surface area (TPSA) is 79.8 Å². The number of halogens is 3. The molecular formula is C11H10Cl3N3O3. The Hall–Kier alpha value is -1.50. The highest BCUT2D eigenvalue weighted by Crippen LogP contribution is 2.25.